The summed E-state index contributed by atoms with van der Waals surface area (Å²) in [5, 5.41) is 6.59. The maximum Gasteiger partial charge on any atom is 0.190 e. The van der Waals surface area contributed by atoms with E-state index in [1.165, 1.54) is 0 Å². The normalized spacial score (nSPS) is 11.7. The van der Waals surface area contributed by atoms with Gasteiger partial charge in [-0.15, -0.1) is 0 Å². The van der Waals surface area contributed by atoms with Gasteiger partial charge in [0.15, 0.2) is 5.96 Å². The fraction of sp³-hybridized carbons (Fsp3) is 0.650. The van der Waals surface area contributed by atoms with Gasteiger partial charge in [0.2, 0.25) is 0 Å². The van der Waals surface area contributed by atoms with Crippen LogP contribution in [-0.4, -0.2) is 53.0 Å². The van der Waals surface area contributed by atoms with Crippen molar-refractivity contribution < 1.29 is 14.2 Å². The predicted octanol–water partition coefficient (Wildman–Crippen LogP) is 2.83. The highest BCUT2D eigenvalue weighted by Crippen LogP contribution is 2.11. The number of methoxy groups -OCH3 is 1. The highest BCUT2D eigenvalue weighted by atomic mass is 16.5. The molecule has 1 aromatic carbocycles. The van der Waals surface area contributed by atoms with Gasteiger partial charge in [0.1, 0.15) is 5.75 Å². The number of hydrogen-bond donors (Lipinski definition) is 2. The summed E-state index contributed by atoms with van der Waals surface area (Å²) in [4.78, 5) is 4.22. The summed E-state index contributed by atoms with van der Waals surface area (Å²) in [7, 11) is 3.45. The van der Waals surface area contributed by atoms with E-state index in [9.17, 15) is 0 Å². The average Bonchev–Trinajstić information content (AvgIpc) is 2.65. The third-order valence-corrected chi connectivity index (χ3v) is 3.62. The van der Waals surface area contributed by atoms with Gasteiger partial charge in [-0.1, -0.05) is 26.0 Å². The van der Waals surface area contributed by atoms with E-state index in [0.29, 0.717) is 19.1 Å². The zero-order valence-electron chi connectivity index (χ0n) is 16.7. The van der Waals surface area contributed by atoms with Crippen molar-refractivity contribution in [1.29, 1.82) is 0 Å². The molecule has 1 rings (SSSR count). The Labute approximate surface area is 158 Å². The van der Waals surface area contributed by atoms with Crippen LogP contribution < -0.4 is 15.4 Å². The number of benzene rings is 1. The largest absolute Gasteiger partial charge is 0.497 e. The van der Waals surface area contributed by atoms with Crippen LogP contribution in [0.1, 0.15) is 32.3 Å². The zero-order chi connectivity index (χ0) is 19.0. The Kier molecular flexibility index (Phi) is 12.3. The molecular weight excluding hydrogens is 330 g/mol. The molecule has 0 saturated carbocycles. The van der Waals surface area contributed by atoms with E-state index in [2.05, 4.69) is 29.5 Å². The first kappa shape index (κ1) is 22.3. The number of nitrogens with zero attached hydrogens (tertiary/aromatic N) is 1. The van der Waals surface area contributed by atoms with Crippen molar-refractivity contribution >= 4 is 5.96 Å². The second kappa shape index (κ2) is 14.4. The van der Waals surface area contributed by atoms with E-state index in [1.807, 2.05) is 24.3 Å². The van der Waals surface area contributed by atoms with Crippen molar-refractivity contribution in [2.45, 2.75) is 33.3 Å². The van der Waals surface area contributed by atoms with Gasteiger partial charge in [0.05, 0.1) is 13.7 Å². The van der Waals surface area contributed by atoms with Gasteiger partial charge in [-0.2, -0.15) is 0 Å². The van der Waals surface area contributed by atoms with Crippen molar-refractivity contribution in [2.24, 2.45) is 10.9 Å². The first-order valence-corrected chi connectivity index (χ1v) is 9.38. The SMILES string of the molecule is CN=C(NCCCOCc1ccc(OC)cc1)NCCCOCC(C)C. The number of rotatable bonds is 13. The molecule has 0 amide bonds. The van der Waals surface area contributed by atoms with Crippen molar-refractivity contribution in [2.75, 3.05) is 47.1 Å². The lowest BCUT2D eigenvalue weighted by Gasteiger charge is -2.12. The minimum atomic E-state index is 0.587. The summed E-state index contributed by atoms with van der Waals surface area (Å²) >= 11 is 0. The highest BCUT2D eigenvalue weighted by Gasteiger charge is 1.99. The molecule has 0 unspecified atom stereocenters. The van der Waals surface area contributed by atoms with Crippen LogP contribution in [-0.2, 0) is 16.1 Å². The Morgan fingerprint density at radius 2 is 1.62 bits per heavy atom. The molecule has 1 aromatic rings. The van der Waals surface area contributed by atoms with Crippen LogP contribution in [0.5, 0.6) is 5.75 Å². The van der Waals surface area contributed by atoms with Gasteiger partial charge < -0.3 is 24.8 Å². The minimum absolute atomic E-state index is 0.587. The maximum atomic E-state index is 5.70. The quantitative estimate of drug-likeness (QED) is 0.320. The summed E-state index contributed by atoms with van der Waals surface area (Å²) in [6.45, 7) is 8.92. The number of guanidine groups is 1. The van der Waals surface area contributed by atoms with Gasteiger partial charge in [-0.05, 0) is 36.5 Å². The lowest BCUT2D eigenvalue weighted by molar-refractivity contribution is 0.108. The van der Waals surface area contributed by atoms with E-state index in [1.54, 1.807) is 14.2 Å². The highest BCUT2D eigenvalue weighted by molar-refractivity contribution is 5.79. The third-order valence-electron chi connectivity index (χ3n) is 3.62. The lowest BCUT2D eigenvalue weighted by Crippen LogP contribution is -2.38. The second-order valence-electron chi connectivity index (χ2n) is 6.50. The fourth-order valence-electron chi connectivity index (χ4n) is 2.21. The number of nitrogens with one attached hydrogen (secondary N) is 2. The zero-order valence-corrected chi connectivity index (χ0v) is 16.7. The van der Waals surface area contributed by atoms with Gasteiger partial charge >= 0.3 is 0 Å². The summed E-state index contributed by atoms with van der Waals surface area (Å²) in [5.74, 6) is 2.27. The number of ether oxygens (including phenoxy) is 3. The van der Waals surface area contributed by atoms with E-state index < -0.39 is 0 Å². The minimum Gasteiger partial charge on any atom is -0.497 e. The molecular formula is C20H35N3O3. The Hall–Kier alpha value is -1.79. The molecule has 0 spiro atoms. The Morgan fingerprint density at radius 1 is 1.00 bits per heavy atom. The van der Waals surface area contributed by atoms with Crippen molar-refractivity contribution in [3.8, 4) is 5.75 Å². The summed E-state index contributed by atoms with van der Waals surface area (Å²) in [5.41, 5.74) is 1.15. The van der Waals surface area contributed by atoms with Crippen molar-refractivity contribution in [1.82, 2.24) is 10.6 Å². The average molecular weight is 366 g/mol. The van der Waals surface area contributed by atoms with Gasteiger partial charge in [-0.3, -0.25) is 4.99 Å². The molecule has 0 fully saturated rings. The standard InChI is InChI=1S/C20H35N3O3/c1-17(2)15-25-13-5-11-22-20(21-3)23-12-6-14-26-16-18-7-9-19(24-4)10-8-18/h7-10,17H,5-6,11-16H2,1-4H3,(H2,21,22,23). The third kappa shape index (κ3) is 10.9. The molecule has 0 radical (unpaired) electrons. The molecule has 0 saturated heterocycles. The van der Waals surface area contributed by atoms with E-state index in [-0.39, 0.29) is 0 Å². The molecule has 0 aliphatic rings. The topological polar surface area (TPSA) is 64.1 Å². The molecule has 2 N–H and O–H groups in total. The second-order valence-corrected chi connectivity index (χ2v) is 6.50. The van der Waals surface area contributed by atoms with Crippen LogP contribution in [0.25, 0.3) is 0 Å². The van der Waals surface area contributed by atoms with Gasteiger partial charge in [-0.25, -0.2) is 0 Å². The van der Waals surface area contributed by atoms with Crippen molar-refractivity contribution in [3.63, 3.8) is 0 Å². The fourth-order valence-corrected chi connectivity index (χ4v) is 2.21. The molecule has 6 nitrogen and oxygen atoms in total. The monoisotopic (exact) mass is 365 g/mol. The Morgan fingerprint density at radius 3 is 2.15 bits per heavy atom. The Bertz CT molecular complexity index is 490. The van der Waals surface area contributed by atoms with Crippen LogP contribution in [0.4, 0.5) is 0 Å². The number of aliphatic imine (C=N–C) groups is 1. The molecule has 0 aliphatic carbocycles. The first-order valence-electron chi connectivity index (χ1n) is 9.38. The summed E-state index contributed by atoms with van der Waals surface area (Å²) < 4.78 is 16.4. The maximum absolute atomic E-state index is 5.70. The summed E-state index contributed by atoms with van der Waals surface area (Å²) in [6, 6.07) is 7.94. The van der Waals surface area contributed by atoms with Crippen LogP contribution in [0.2, 0.25) is 0 Å². The number of hydrogen-bond acceptors (Lipinski definition) is 4. The van der Waals surface area contributed by atoms with Crippen LogP contribution in [0.3, 0.4) is 0 Å². The lowest BCUT2D eigenvalue weighted by atomic mass is 10.2. The molecule has 6 heteroatoms. The molecule has 0 atom stereocenters. The summed E-state index contributed by atoms with van der Waals surface area (Å²) in [6.07, 6.45) is 1.90. The van der Waals surface area contributed by atoms with Gasteiger partial charge in [0, 0.05) is 40.0 Å². The van der Waals surface area contributed by atoms with E-state index >= 15 is 0 Å². The molecule has 0 heterocycles. The molecule has 0 bridgehead atoms. The predicted molar refractivity (Wildman–Crippen MR) is 107 cm³/mol. The molecule has 0 aromatic heterocycles. The van der Waals surface area contributed by atoms with Crippen molar-refractivity contribution in [3.05, 3.63) is 29.8 Å². The Balaban J connectivity index is 2.00. The molecule has 26 heavy (non-hydrogen) atoms. The first-order chi connectivity index (χ1) is 12.7. The van der Waals surface area contributed by atoms with Crippen LogP contribution >= 0.6 is 0 Å². The van der Waals surface area contributed by atoms with E-state index in [0.717, 1.165) is 56.4 Å². The van der Waals surface area contributed by atoms with E-state index in [4.69, 9.17) is 14.2 Å². The molecule has 148 valence electrons. The van der Waals surface area contributed by atoms with Gasteiger partial charge in [0.25, 0.3) is 0 Å². The smallest absolute Gasteiger partial charge is 0.190 e. The van der Waals surface area contributed by atoms with Crippen LogP contribution in [0, 0.1) is 5.92 Å². The van der Waals surface area contributed by atoms with Crippen LogP contribution in [0.15, 0.2) is 29.3 Å². The molecule has 0 aliphatic heterocycles.